The highest BCUT2D eigenvalue weighted by Gasteiger charge is 2.22. The van der Waals surface area contributed by atoms with E-state index >= 15 is 0 Å². The van der Waals surface area contributed by atoms with Crippen molar-refractivity contribution >= 4 is 44.5 Å². The van der Waals surface area contributed by atoms with Gasteiger partial charge in [0.25, 0.3) is 0 Å². The van der Waals surface area contributed by atoms with Gasteiger partial charge in [0, 0.05) is 10.0 Å². The largest absolute Gasteiger partial charge is 0.422 e. The first-order valence-electron chi connectivity index (χ1n) is 7.60. The summed E-state index contributed by atoms with van der Waals surface area (Å²) in [5.41, 5.74) is 2.45. The SMILES string of the molecule is O=C1OC(c2ccc(Br)cc2)=C/C1=C\c1cccc2ccccc12. The van der Waals surface area contributed by atoms with Crippen LogP contribution < -0.4 is 0 Å². The smallest absolute Gasteiger partial charge is 0.343 e. The fourth-order valence-corrected chi connectivity index (χ4v) is 3.05. The molecule has 1 aliphatic heterocycles. The summed E-state index contributed by atoms with van der Waals surface area (Å²) in [6.07, 6.45) is 3.68. The molecule has 0 radical (unpaired) electrons. The number of ether oxygens (including phenoxy) is 1. The van der Waals surface area contributed by atoms with Crippen molar-refractivity contribution in [2.75, 3.05) is 0 Å². The molecule has 3 aromatic rings. The van der Waals surface area contributed by atoms with Gasteiger partial charge in [-0.05, 0) is 40.6 Å². The molecule has 1 heterocycles. The Morgan fingerprint density at radius 3 is 2.46 bits per heavy atom. The van der Waals surface area contributed by atoms with Crippen LogP contribution in [0, 0.1) is 0 Å². The van der Waals surface area contributed by atoms with E-state index in [9.17, 15) is 4.79 Å². The first kappa shape index (κ1) is 14.9. The maximum atomic E-state index is 12.2. The van der Waals surface area contributed by atoms with E-state index in [-0.39, 0.29) is 5.97 Å². The summed E-state index contributed by atoms with van der Waals surface area (Å²) >= 11 is 3.41. The average Bonchev–Trinajstić information content (AvgIpc) is 2.97. The number of halogens is 1. The van der Waals surface area contributed by atoms with Crippen molar-refractivity contribution in [2.45, 2.75) is 0 Å². The molecular weight excluding hydrogens is 364 g/mol. The van der Waals surface area contributed by atoms with Gasteiger partial charge in [-0.3, -0.25) is 0 Å². The summed E-state index contributed by atoms with van der Waals surface area (Å²) < 4.78 is 6.41. The highest BCUT2D eigenvalue weighted by Crippen LogP contribution is 2.29. The zero-order valence-electron chi connectivity index (χ0n) is 12.7. The molecule has 0 spiro atoms. The third-order valence-electron chi connectivity index (χ3n) is 3.99. The van der Waals surface area contributed by atoms with Crippen LogP contribution in [0.15, 0.2) is 82.9 Å². The molecule has 3 aromatic carbocycles. The van der Waals surface area contributed by atoms with E-state index in [1.165, 1.54) is 0 Å². The Morgan fingerprint density at radius 2 is 1.62 bits per heavy atom. The number of esters is 1. The molecule has 0 saturated carbocycles. The second-order valence-corrected chi connectivity index (χ2v) is 6.49. The highest BCUT2D eigenvalue weighted by molar-refractivity contribution is 9.10. The topological polar surface area (TPSA) is 26.3 Å². The average molecular weight is 377 g/mol. The Kier molecular flexibility index (Phi) is 3.79. The standard InChI is InChI=1S/C21H13BrO2/c22-18-10-8-15(9-11-18)20-13-17(21(23)24-20)12-16-6-3-5-14-4-1-2-7-19(14)16/h1-13H/b17-12+. The molecule has 0 saturated heterocycles. The van der Waals surface area contributed by atoms with Crippen LogP contribution in [0.25, 0.3) is 22.6 Å². The normalized spacial score (nSPS) is 15.6. The molecule has 0 N–H and O–H groups in total. The molecule has 2 nitrogen and oxygen atoms in total. The van der Waals surface area contributed by atoms with Gasteiger partial charge in [-0.1, -0.05) is 70.5 Å². The third-order valence-corrected chi connectivity index (χ3v) is 4.52. The van der Waals surface area contributed by atoms with Crippen molar-refractivity contribution < 1.29 is 9.53 Å². The lowest BCUT2D eigenvalue weighted by molar-refractivity contribution is -0.130. The van der Waals surface area contributed by atoms with Crippen molar-refractivity contribution in [2.24, 2.45) is 0 Å². The van der Waals surface area contributed by atoms with Gasteiger partial charge in [-0.25, -0.2) is 4.79 Å². The number of benzene rings is 3. The minimum Gasteiger partial charge on any atom is -0.422 e. The van der Waals surface area contributed by atoms with E-state index in [1.807, 2.05) is 54.6 Å². The first-order valence-corrected chi connectivity index (χ1v) is 8.39. The molecule has 0 aromatic heterocycles. The number of hydrogen-bond acceptors (Lipinski definition) is 2. The molecule has 0 aliphatic carbocycles. The van der Waals surface area contributed by atoms with Crippen LogP contribution in [0.3, 0.4) is 0 Å². The number of cyclic esters (lactones) is 1. The Labute approximate surface area is 148 Å². The number of fused-ring (bicyclic) bond motifs is 1. The van der Waals surface area contributed by atoms with Crippen LogP contribution in [0.1, 0.15) is 11.1 Å². The second kappa shape index (κ2) is 6.10. The van der Waals surface area contributed by atoms with E-state index in [2.05, 4.69) is 34.1 Å². The Bertz CT molecular complexity index is 993. The van der Waals surface area contributed by atoms with Gasteiger partial charge < -0.3 is 4.74 Å². The molecule has 1 aliphatic rings. The van der Waals surface area contributed by atoms with E-state index in [0.717, 1.165) is 26.4 Å². The molecule has 0 unspecified atom stereocenters. The molecular formula is C21H13BrO2. The van der Waals surface area contributed by atoms with Gasteiger partial charge in [0.1, 0.15) is 5.76 Å². The van der Waals surface area contributed by atoms with Gasteiger partial charge in [-0.15, -0.1) is 0 Å². The van der Waals surface area contributed by atoms with Crippen molar-refractivity contribution in [3.8, 4) is 0 Å². The molecule has 4 rings (SSSR count). The maximum absolute atomic E-state index is 12.2. The Balaban J connectivity index is 1.76. The van der Waals surface area contributed by atoms with E-state index < -0.39 is 0 Å². The molecule has 0 amide bonds. The predicted octanol–water partition coefficient (Wildman–Crippen LogP) is 5.58. The Morgan fingerprint density at radius 1 is 0.875 bits per heavy atom. The van der Waals surface area contributed by atoms with Gasteiger partial charge >= 0.3 is 5.97 Å². The lowest BCUT2D eigenvalue weighted by Gasteiger charge is -2.02. The fourth-order valence-electron chi connectivity index (χ4n) is 2.79. The van der Waals surface area contributed by atoms with Crippen LogP contribution in [-0.4, -0.2) is 5.97 Å². The molecule has 0 atom stereocenters. The summed E-state index contributed by atoms with van der Waals surface area (Å²) in [6, 6.07) is 21.9. The van der Waals surface area contributed by atoms with Crippen LogP contribution in [0.4, 0.5) is 0 Å². The third kappa shape index (κ3) is 2.79. The molecule has 116 valence electrons. The van der Waals surface area contributed by atoms with Gasteiger partial charge in [0.2, 0.25) is 0 Å². The van der Waals surface area contributed by atoms with E-state index in [0.29, 0.717) is 11.3 Å². The van der Waals surface area contributed by atoms with E-state index in [4.69, 9.17) is 4.74 Å². The zero-order valence-corrected chi connectivity index (χ0v) is 14.3. The van der Waals surface area contributed by atoms with Crippen LogP contribution in [-0.2, 0) is 9.53 Å². The summed E-state index contributed by atoms with van der Waals surface area (Å²) in [5, 5.41) is 2.26. The van der Waals surface area contributed by atoms with Gasteiger partial charge in [0.05, 0.1) is 5.57 Å². The summed E-state index contributed by atoms with van der Waals surface area (Å²) in [5.74, 6) is 0.264. The summed E-state index contributed by atoms with van der Waals surface area (Å²) in [7, 11) is 0. The summed E-state index contributed by atoms with van der Waals surface area (Å²) in [6.45, 7) is 0. The van der Waals surface area contributed by atoms with Gasteiger partial charge in [0.15, 0.2) is 0 Å². The lowest BCUT2D eigenvalue weighted by Crippen LogP contribution is -1.97. The minimum absolute atomic E-state index is 0.319. The number of carbonyl (C=O) groups excluding carboxylic acids is 1. The van der Waals surface area contributed by atoms with Crippen molar-refractivity contribution in [3.63, 3.8) is 0 Å². The molecule has 24 heavy (non-hydrogen) atoms. The molecule has 0 bridgehead atoms. The zero-order chi connectivity index (χ0) is 16.5. The van der Waals surface area contributed by atoms with Gasteiger partial charge in [-0.2, -0.15) is 0 Å². The first-order chi connectivity index (χ1) is 11.7. The second-order valence-electron chi connectivity index (χ2n) is 5.57. The molecule has 3 heteroatoms. The quantitative estimate of drug-likeness (QED) is 0.430. The minimum atomic E-state index is -0.319. The van der Waals surface area contributed by atoms with Crippen molar-refractivity contribution in [1.29, 1.82) is 0 Å². The maximum Gasteiger partial charge on any atom is 0.343 e. The van der Waals surface area contributed by atoms with Crippen molar-refractivity contribution in [1.82, 2.24) is 0 Å². The summed E-state index contributed by atoms with van der Waals surface area (Å²) in [4.78, 5) is 12.2. The Hall–Kier alpha value is -2.65. The number of carbonyl (C=O) groups is 1. The van der Waals surface area contributed by atoms with E-state index in [1.54, 1.807) is 6.08 Å². The molecule has 0 fully saturated rings. The monoisotopic (exact) mass is 376 g/mol. The number of hydrogen-bond donors (Lipinski definition) is 0. The number of rotatable bonds is 2. The predicted molar refractivity (Wildman–Crippen MR) is 100 cm³/mol. The highest BCUT2D eigenvalue weighted by atomic mass is 79.9. The van der Waals surface area contributed by atoms with Crippen LogP contribution >= 0.6 is 15.9 Å². The van der Waals surface area contributed by atoms with Crippen LogP contribution in [0.5, 0.6) is 0 Å². The van der Waals surface area contributed by atoms with Crippen LogP contribution in [0.2, 0.25) is 0 Å². The fraction of sp³-hybridized carbons (Fsp3) is 0. The van der Waals surface area contributed by atoms with Crippen molar-refractivity contribution in [3.05, 3.63) is 94.0 Å². The lowest BCUT2D eigenvalue weighted by atomic mass is 10.0.